The van der Waals surface area contributed by atoms with Crippen molar-refractivity contribution in [2.45, 2.75) is 45.6 Å². The van der Waals surface area contributed by atoms with Crippen molar-refractivity contribution in [1.82, 2.24) is 20.4 Å². The number of hydrogen-bond acceptors (Lipinski definition) is 3. The Morgan fingerprint density at radius 3 is 2.40 bits per heavy atom. The first-order valence-electron chi connectivity index (χ1n) is 7.29. The number of nitrogens with zero attached hydrogens (tertiary/aromatic N) is 1. The number of H-pyrrole nitrogens is 2. The van der Waals surface area contributed by atoms with E-state index < -0.39 is 0 Å². The van der Waals surface area contributed by atoms with Crippen molar-refractivity contribution in [2.24, 2.45) is 0 Å². The highest BCUT2D eigenvalue weighted by Crippen LogP contribution is 2.36. The summed E-state index contributed by atoms with van der Waals surface area (Å²) in [6.07, 6.45) is 2.19. The summed E-state index contributed by atoms with van der Waals surface area (Å²) in [7, 11) is 0. The average Bonchev–Trinajstić information content (AvgIpc) is 3.11. The topological polar surface area (TPSA) is 81.0 Å². The standard InChI is InChI=1S/C14H24N4O2/c1-4-18(5-2)9-14(6-7-14)15-12(19)8-11-10(3)16-17-13(11)20/h4-9H2,1-3H3,(H,15,19)(H2,16,17,20). The van der Waals surface area contributed by atoms with Crippen LogP contribution in [0.15, 0.2) is 4.79 Å². The Bertz CT molecular complexity index is 524. The van der Waals surface area contributed by atoms with Crippen LogP contribution in [0, 0.1) is 6.92 Å². The van der Waals surface area contributed by atoms with Gasteiger partial charge in [0.05, 0.1) is 12.0 Å². The molecule has 1 saturated carbocycles. The normalized spacial score (nSPS) is 16.4. The molecule has 0 aliphatic heterocycles. The molecule has 1 aromatic rings. The number of carbonyl (C=O) groups is 1. The smallest absolute Gasteiger partial charge is 0.267 e. The fourth-order valence-electron chi connectivity index (χ4n) is 2.53. The van der Waals surface area contributed by atoms with Gasteiger partial charge >= 0.3 is 0 Å². The Morgan fingerprint density at radius 2 is 1.95 bits per heavy atom. The molecule has 0 bridgehead atoms. The lowest BCUT2D eigenvalue weighted by Gasteiger charge is -2.25. The molecule has 6 heteroatoms. The summed E-state index contributed by atoms with van der Waals surface area (Å²) < 4.78 is 0. The van der Waals surface area contributed by atoms with Gasteiger partial charge in [-0.1, -0.05) is 13.8 Å². The molecular formula is C14H24N4O2. The van der Waals surface area contributed by atoms with Gasteiger partial charge in [0.25, 0.3) is 5.56 Å². The second-order valence-corrected chi connectivity index (χ2v) is 5.65. The van der Waals surface area contributed by atoms with Crippen LogP contribution in [0.4, 0.5) is 0 Å². The molecule has 0 aromatic carbocycles. The number of carbonyl (C=O) groups excluding carboxylic acids is 1. The van der Waals surface area contributed by atoms with Gasteiger partial charge in [0.15, 0.2) is 0 Å². The lowest BCUT2D eigenvalue weighted by Crippen LogP contribution is -2.46. The van der Waals surface area contributed by atoms with Crippen LogP contribution in [0.3, 0.4) is 0 Å². The number of aryl methyl sites for hydroxylation is 1. The van der Waals surface area contributed by atoms with Crippen LogP contribution in [-0.2, 0) is 11.2 Å². The van der Waals surface area contributed by atoms with Gasteiger partial charge in [-0.3, -0.25) is 14.7 Å². The van der Waals surface area contributed by atoms with Crippen molar-refractivity contribution in [3.8, 4) is 0 Å². The number of aromatic amines is 2. The van der Waals surface area contributed by atoms with Gasteiger partial charge in [-0.15, -0.1) is 0 Å². The quantitative estimate of drug-likeness (QED) is 0.682. The highest BCUT2D eigenvalue weighted by Gasteiger charge is 2.44. The molecule has 2 rings (SSSR count). The molecule has 6 nitrogen and oxygen atoms in total. The number of aromatic nitrogens is 2. The Kier molecular flexibility index (Phi) is 4.32. The molecule has 1 amide bonds. The monoisotopic (exact) mass is 280 g/mol. The van der Waals surface area contributed by atoms with Gasteiger partial charge in [-0.25, -0.2) is 0 Å². The summed E-state index contributed by atoms with van der Waals surface area (Å²) in [5.74, 6) is -0.0668. The van der Waals surface area contributed by atoms with Crippen molar-refractivity contribution in [3.63, 3.8) is 0 Å². The van der Waals surface area contributed by atoms with E-state index in [1.165, 1.54) is 0 Å². The Morgan fingerprint density at radius 1 is 1.30 bits per heavy atom. The Balaban J connectivity index is 1.93. The van der Waals surface area contributed by atoms with Gasteiger partial charge in [0.2, 0.25) is 5.91 Å². The van der Waals surface area contributed by atoms with Crippen LogP contribution in [0.25, 0.3) is 0 Å². The maximum atomic E-state index is 12.1. The van der Waals surface area contributed by atoms with E-state index >= 15 is 0 Å². The van der Waals surface area contributed by atoms with Crippen LogP contribution in [0.1, 0.15) is 37.9 Å². The van der Waals surface area contributed by atoms with E-state index in [1.54, 1.807) is 6.92 Å². The van der Waals surface area contributed by atoms with E-state index in [2.05, 4.69) is 34.3 Å². The van der Waals surface area contributed by atoms with Crippen LogP contribution in [0.2, 0.25) is 0 Å². The minimum absolute atomic E-state index is 0.0668. The molecule has 1 fully saturated rings. The number of nitrogens with one attached hydrogen (secondary N) is 3. The molecule has 0 spiro atoms. The zero-order valence-electron chi connectivity index (χ0n) is 12.5. The fraction of sp³-hybridized carbons (Fsp3) is 0.714. The lowest BCUT2D eigenvalue weighted by molar-refractivity contribution is -0.121. The second kappa shape index (κ2) is 5.83. The molecule has 0 radical (unpaired) electrons. The summed E-state index contributed by atoms with van der Waals surface area (Å²) in [4.78, 5) is 26.0. The summed E-state index contributed by atoms with van der Waals surface area (Å²) in [6, 6.07) is 0. The summed E-state index contributed by atoms with van der Waals surface area (Å²) in [5.41, 5.74) is 0.992. The van der Waals surface area contributed by atoms with E-state index in [-0.39, 0.29) is 23.4 Å². The van der Waals surface area contributed by atoms with Crippen molar-refractivity contribution < 1.29 is 4.79 Å². The SMILES string of the molecule is CCN(CC)CC1(NC(=O)Cc2c(C)[nH][nH]c2=O)CC1. The third kappa shape index (κ3) is 3.30. The predicted octanol–water partition coefficient (Wildman–Crippen LogP) is 0.545. The van der Waals surface area contributed by atoms with Gasteiger partial charge in [0.1, 0.15) is 0 Å². The molecular weight excluding hydrogens is 256 g/mol. The third-order valence-electron chi connectivity index (χ3n) is 4.11. The molecule has 112 valence electrons. The molecule has 1 aliphatic rings. The molecule has 1 heterocycles. The molecule has 1 aromatic heterocycles. The number of hydrogen-bond donors (Lipinski definition) is 3. The van der Waals surface area contributed by atoms with E-state index in [1.807, 2.05) is 0 Å². The molecule has 20 heavy (non-hydrogen) atoms. The maximum Gasteiger partial charge on any atom is 0.267 e. The second-order valence-electron chi connectivity index (χ2n) is 5.65. The maximum absolute atomic E-state index is 12.1. The highest BCUT2D eigenvalue weighted by atomic mass is 16.2. The minimum Gasteiger partial charge on any atom is -0.349 e. The predicted molar refractivity (Wildman–Crippen MR) is 77.8 cm³/mol. The van der Waals surface area contributed by atoms with Gasteiger partial charge in [-0.05, 0) is 32.9 Å². The first-order valence-corrected chi connectivity index (χ1v) is 7.29. The first kappa shape index (κ1) is 14.8. The summed E-state index contributed by atoms with van der Waals surface area (Å²) in [6.45, 7) is 8.93. The van der Waals surface area contributed by atoms with Gasteiger partial charge in [-0.2, -0.15) is 0 Å². The van der Waals surface area contributed by atoms with Crippen LogP contribution in [-0.4, -0.2) is 46.2 Å². The molecule has 0 saturated heterocycles. The first-order chi connectivity index (χ1) is 9.49. The highest BCUT2D eigenvalue weighted by molar-refractivity contribution is 5.80. The zero-order chi connectivity index (χ0) is 14.8. The number of likely N-dealkylation sites (N-methyl/N-ethyl adjacent to an activating group) is 1. The average molecular weight is 280 g/mol. The zero-order valence-corrected chi connectivity index (χ0v) is 12.5. The molecule has 3 N–H and O–H groups in total. The van der Waals surface area contributed by atoms with E-state index in [9.17, 15) is 9.59 Å². The molecule has 0 atom stereocenters. The van der Waals surface area contributed by atoms with Crippen LogP contribution < -0.4 is 10.9 Å². The summed E-state index contributed by atoms with van der Waals surface area (Å²) in [5, 5.41) is 8.36. The Labute approximate surface area is 118 Å². The van der Waals surface area contributed by atoms with Crippen molar-refractivity contribution in [2.75, 3.05) is 19.6 Å². The fourth-order valence-corrected chi connectivity index (χ4v) is 2.53. The van der Waals surface area contributed by atoms with Crippen molar-refractivity contribution in [1.29, 1.82) is 0 Å². The number of rotatable bonds is 7. The third-order valence-corrected chi connectivity index (χ3v) is 4.11. The van der Waals surface area contributed by atoms with E-state index in [0.717, 1.165) is 38.2 Å². The van der Waals surface area contributed by atoms with E-state index in [4.69, 9.17) is 0 Å². The van der Waals surface area contributed by atoms with Crippen molar-refractivity contribution in [3.05, 3.63) is 21.6 Å². The summed E-state index contributed by atoms with van der Waals surface area (Å²) >= 11 is 0. The van der Waals surface area contributed by atoms with Crippen LogP contribution in [0.5, 0.6) is 0 Å². The lowest BCUT2D eigenvalue weighted by atomic mass is 10.1. The minimum atomic E-state index is -0.203. The van der Waals surface area contributed by atoms with Gasteiger partial charge in [0, 0.05) is 17.8 Å². The molecule has 0 unspecified atom stereocenters. The van der Waals surface area contributed by atoms with E-state index in [0.29, 0.717) is 5.56 Å². The largest absolute Gasteiger partial charge is 0.349 e. The number of amides is 1. The van der Waals surface area contributed by atoms with Gasteiger partial charge < -0.3 is 15.3 Å². The Hall–Kier alpha value is -1.56. The van der Waals surface area contributed by atoms with Crippen molar-refractivity contribution >= 4 is 5.91 Å². The van der Waals surface area contributed by atoms with Crippen LogP contribution >= 0.6 is 0 Å². The molecule has 1 aliphatic carbocycles.